The minimum absolute atomic E-state index is 0.105. The first-order valence-electron chi connectivity index (χ1n) is 10.5. The molecule has 0 atom stereocenters. The van der Waals surface area contributed by atoms with Gasteiger partial charge >= 0.3 is 0 Å². The van der Waals surface area contributed by atoms with Crippen molar-refractivity contribution >= 4 is 11.6 Å². The summed E-state index contributed by atoms with van der Waals surface area (Å²) < 4.78 is 5.50. The van der Waals surface area contributed by atoms with Crippen LogP contribution < -0.4 is 5.32 Å². The van der Waals surface area contributed by atoms with Gasteiger partial charge in [0.15, 0.2) is 0 Å². The number of carbonyl (C=O) groups is 1. The molecule has 0 radical (unpaired) electrons. The summed E-state index contributed by atoms with van der Waals surface area (Å²) in [6.45, 7) is 8.78. The van der Waals surface area contributed by atoms with E-state index in [0.29, 0.717) is 11.6 Å². The second-order valence-corrected chi connectivity index (χ2v) is 7.64. The van der Waals surface area contributed by atoms with Gasteiger partial charge in [0, 0.05) is 44.0 Å². The highest BCUT2D eigenvalue weighted by molar-refractivity contribution is 5.92. The van der Waals surface area contributed by atoms with Gasteiger partial charge in [-0.2, -0.15) is 0 Å². The van der Waals surface area contributed by atoms with Crippen LogP contribution in [0.1, 0.15) is 18.2 Å². The van der Waals surface area contributed by atoms with E-state index in [1.807, 2.05) is 42.5 Å². The molecule has 30 heavy (non-hydrogen) atoms. The number of nitrogens with one attached hydrogen (secondary N) is 1. The second kappa shape index (κ2) is 9.69. The van der Waals surface area contributed by atoms with E-state index >= 15 is 0 Å². The SMILES string of the molecule is CCN1CCN(Cc2ccc(NC(=O)Cc3coc(-c4ccccc4)n3)cc2)CC1. The van der Waals surface area contributed by atoms with E-state index in [1.165, 1.54) is 5.56 Å². The van der Waals surface area contributed by atoms with E-state index < -0.39 is 0 Å². The maximum atomic E-state index is 12.4. The van der Waals surface area contributed by atoms with Crippen LogP contribution >= 0.6 is 0 Å². The Morgan fingerprint density at radius 1 is 1.00 bits per heavy atom. The van der Waals surface area contributed by atoms with Crippen LogP contribution in [0.15, 0.2) is 65.3 Å². The number of amides is 1. The molecular weight excluding hydrogens is 376 g/mol. The third kappa shape index (κ3) is 5.34. The van der Waals surface area contributed by atoms with Crippen molar-refractivity contribution in [1.82, 2.24) is 14.8 Å². The van der Waals surface area contributed by atoms with Crippen molar-refractivity contribution in [1.29, 1.82) is 0 Å². The lowest BCUT2D eigenvalue weighted by atomic mass is 10.1. The fraction of sp³-hybridized carbons (Fsp3) is 0.333. The molecule has 4 rings (SSSR count). The van der Waals surface area contributed by atoms with E-state index in [2.05, 4.69) is 39.2 Å². The molecule has 6 heteroatoms. The van der Waals surface area contributed by atoms with Gasteiger partial charge in [0.05, 0.1) is 12.1 Å². The van der Waals surface area contributed by atoms with Crippen molar-refractivity contribution in [2.75, 3.05) is 38.0 Å². The lowest BCUT2D eigenvalue weighted by molar-refractivity contribution is -0.115. The maximum absolute atomic E-state index is 12.4. The molecule has 156 valence electrons. The summed E-state index contributed by atoms with van der Waals surface area (Å²) in [5.74, 6) is 0.425. The fourth-order valence-electron chi connectivity index (χ4n) is 3.69. The molecule has 1 aliphatic rings. The standard InChI is InChI=1S/C24H28N4O2/c1-2-27-12-14-28(15-13-27)17-19-8-10-21(11-9-19)25-23(29)16-22-18-30-24(26-22)20-6-4-3-5-7-20/h3-11,18H,2,12-17H2,1H3,(H,25,29). The Labute approximate surface area is 177 Å². The Bertz CT molecular complexity index is 945. The first-order valence-corrected chi connectivity index (χ1v) is 10.5. The molecule has 1 amide bonds. The number of aromatic nitrogens is 1. The molecule has 3 aromatic rings. The lowest BCUT2D eigenvalue weighted by Gasteiger charge is -2.34. The highest BCUT2D eigenvalue weighted by Crippen LogP contribution is 2.19. The maximum Gasteiger partial charge on any atom is 0.230 e. The molecule has 1 saturated heterocycles. The number of piperazine rings is 1. The van der Waals surface area contributed by atoms with Crippen LogP contribution in [0.4, 0.5) is 5.69 Å². The lowest BCUT2D eigenvalue weighted by Crippen LogP contribution is -2.45. The fourth-order valence-corrected chi connectivity index (χ4v) is 3.69. The van der Waals surface area contributed by atoms with E-state index in [-0.39, 0.29) is 12.3 Å². The molecule has 1 fully saturated rings. The largest absolute Gasteiger partial charge is 0.444 e. The molecule has 0 bridgehead atoms. The van der Waals surface area contributed by atoms with Crippen LogP contribution in [-0.2, 0) is 17.8 Å². The average Bonchev–Trinajstić information content (AvgIpc) is 3.24. The monoisotopic (exact) mass is 404 g/mol. The number of hydrogen-bond donors (Lipinski definition) is 1. The Kier molecular flexibility index (Phi) is 6.57. The van der Waals surface area contributed by atoms with Gasteiger partial charge in [-0.3, -0.25) is 9.69 Å². The van der Waals surface area contributed by atoms with Crippen LogP contribution in [0, 0.1) is 0 Å². The van der Waals surface area contributed by atoms with Crippen molar-refractivity contribution in [2.24, 2.45) is 0 Å². The molecule has 1 aliphatic heterocycles. The van der Waals surface area contributed by atoms with Crippen LogP contribution in [0.2, 0.25) is 0 Å². The molecule has 0 aliphatic carbocycles. The summed E-state index contributed by atoms with van der Waals surface area (Å²) >= 11 is 0. The van der Waals surface area contributed by atoms with Gasteiger partial charge in [0.25, 0.3) is 0 Å². The van der Waals surface area contributed by atoms with Gasteiger partial charge in [-0.05, 0) is 36.4 Å². The molecule has 2 aromatic carbocycles. The molecule has 0 saturated carbocycles. The van der Waals surface area contributed by atoms with Crippen LogP contribution in [0.5, 0.6) is 0 Å². The van der Waals surface area contributed by atoms with E-state index in [1.54, 1.807) is 6.26 Å². The number of benzene rings is 2. The summed E-state index contributed by atoms with van der Waals surface area (Å²) in [6, 6.07) is 17.8. The van der Waals surface area contributed by atoms with Crippen LogP contribution in [0.25, 0.3) is 11.5 Å². The third-order valence-electron chi connectivity index (χ3n) is 5.47. The summed E-state index contributed by atoms with van der Waals surface area (Å²) in [6.07, 6.45) is 1.73. The summed E-state index contributed by atoms with van der Waals surface area (Å²) in [4.78, 5) is 21.8. The van der Waals surface area contributed by atoms with Crippen molar-refractivity contribution in [3.05, 3.63) is 72.1 Å². The molecule has 0 spiro atoms. The van der Waals surface area contributed by atoms with Gasteiger partial charge in [-0.15, -0.1) is 0 Å². The Balaban J connectivity index is 1.27. The minimum atomic E-state index is -0.105. The van der Waals surface area contributed by atoms with E-state index in [9.17, 15) is 4.79 Å². The van der Waals surface area contributed by atoms with Crippen LogP contribution in [-0.4, -0.2) is 53.4 Å². The highest BCUT2D eigenvalue weighted by Gasteiger charge is 2.15. The topological polar surface area (TPSA) is 61.6 Å². The molecule has 6 nitrogen and oxygen atoms in total. The van der Waals surface area contributed by atoms with Crippen molar-refractivity contribution in [2.45, 2.75) is 19.9 Å². The summed E-state index contributed by atoms with van der Waals surface area (Å²) in [7, 11) is 0. The molecule has 1 N–H and O–H groups in total. The average molecular weight is 405 g/mol. The molecule has 1 aromatic heterocycles. The van der Waals surface area contributed by atoms with Gasteiger partial charge in [0.1, 0.15) is 6.26 Å². The van der Waals surface area contributed by atoms with Crippen LogP contribution in [0.3, 0.4) is 0 Å². The summed E-state index contributed by atoms with van der Waals surface area (Å²) in [5.41, 5.74) is 3.58. The third-order valence-corrected chi connectivity index (χ3v) is 5.47. The smallest absolute Gasteiger partial charge is 0.230 e. The Morgan fingerprint density at radius 3 is 2.40 bits per heavy atom. The predicted octanol–water partition coefficient (Wildman–Crippen LogP) is 3.66. The number of nitrogens with zero attached hydrogens (tertiary/aromatic N) is 3. The van der Waals surface area contributed by atoms with Crippen molar-refractivity contribution in [3.63, 3.8) is 0 Å². The first kappa shape index (κ1) is 20.3. The first-order chi connectivity index (χ1) is 14.7. The number of oxazole rings is 1. The van der Waals surface area contributed by atoms with Crippen molar-refractivity contribution < 1.29 is 9.21 Å². The zero-order valence-electron chi connectivity index (χ0n) is 17.4. The minimum Gasteiger partial charge on any atom is -0.444 e. The number of anilines is 1. The Hall–Kier alpha value is -2.96. The summed E-state index contributed by atoms with van der Waals surface area (Å²) in [5, 5.41) is 2.94. The molecule has 0 unspecified atom stereocenters. The normalized spacial score (nSPS) is 15.2. The number of rotatable bonds is 7. The number of carbonyl (C=O) groups excluding carboxylic acids is 1. The van der Waals surface area contributed by atoms with Crippen molar-refractivity contribution in [3.8, 4) is 11.5 Å². The molecular formula is C24H28N4O2. The number of hydrogen-bond acceptors (Lipinski definition) is 5. The van der Waals surface area contributed by atoms with Gasteiger partial charge in [-0.25, -0.2) is 4.98 Å². The highest BCUT2D eigenvalue weighted by atomic mass is 16.3. The Morgan fingerprint density at radius 2 is 1.70 bits per heavy atom. The van der Waals surface area contributed by atoms with Gasteiger partial charge < -0.3 is 14.6 Å². The van der Waals surface area contributed by atoms with Gasteiger partial charge in [0.2, 0.25) is 11.8 Å². The second-order valence-electron chi connectivity index (χ2n) is 7.64. The zero-order chi connectivity index (χ0) is 20.8. The van der Waals surface area contributed by atoms with E-state index in [4.69, 9.17) is 4.42 Å². The zero-order valence-corrected chi connectivity index (χ0v) is 17.4. The number of likely N-dealkylation sites (N-methyl/N-ethyl adjacent to an activating group) is 1. The van der Waals surface area contributed by atoms with E-state index in [0.717, 1.165) is 50.5 Å². The quantitative estimate of drug-likeness (QED) is 0.651. The molecule has 2 heterocycles. The van der Waals surface area contributed by atoms with Gasteiger partial charge in [-0.1, -0.05) is 37.3 Å². The predicted molar refractivity (Wildman–Crippen MR) is 118 cm³/mol.